The van der Waals surface area contributed by atoms with Crippen LogP contribution in [0.1, 0.15) is 29.6 Å². The number of amides is 2. The number of hydrogen-bond donors (Lipinski definition) is 2. The third kappa shape index (κ3) is 4.60. The molecule has 0 heterocycles. The molecular weight excluding hydrogens is 288 g/mol. The van der Waals surface area contributed by atoms with Crippen LogP contribution in [0.25, 0.3) is 0 Å². The molecule has 2 amide bonds. The zero-order chi connectivity index (χ0) is 15.1. The van der Waals surface area contributed by atoms with Gasteiger partial charge in [-0.3, -0.25) is 9.59 Å². The molecule has 0 bridgehead atoms. The summed E-state index contributed by atoms with van der Waals surface area (Å²) < 4.78 is 0. The van der Waals surface area contributed by atoms with Gasteiger partial charge in [0, 0.05) is 19.0 Å². The lowest BCUT2D eigenvalue weighted by Gasteiger charge is -2.17. The normalized spacial score (nSPS) is 17.3. The minimum absolute atomic E-state index is 0.0614. The van der Waals surface area contributed by atoms with Crippen LogP contribution in [-0.2, 0) is 4.79 Å². The Morgan fingerprint density at radius 3 is 2.62 bits per heavy atom. The van der Waals surface area contributed by atoms with Gasteiger partial charge >= 0.3 is 0 Å². The SMILES string of the molecule is O=C(NCCNC(=O)C1CC=CCC1)c1ccccc1Cl. The lowest BCUT2D eigenvalue weighted by atomic mass is 9.94. The number of carbonyl (C=O) groups excluding carboxylic acids is 2. The van der Waals surface area contributed by atoms with Crippen molar-refractivity contribution >= 4 is 23.4 Å². The average molecular weight is 307 g/mol. The van der Waals surface area contributed by atoms with E-state index in [-0.39, 0.29) is 17.7 Å². The molecule has 0 aromatic heterocycles. The monoisotopic (exact) mass is 306 g/mol. The van der Waals surface area contributed by atoms with Crippen LogP contribution in [0.4, 0.5) is 0 Å². The zero-order valence-electron chi connectivity index (χ0n) is 11.8. The van der Waals surface area contributed by atoms with E-state index in [0.29, 0.717) is 23.7 Å². The molecule has 2 rings (SSSR count). The van der Waals surface area contributed by atoms with Gasteiger partial charge in [0.25, 0.3) is 5.91 Å². The van der Waals surface area contributed by atoms with Crippen molar-refractivity contribution in [2.45, 2.75) is 19.3 Å². The Hall–Kier alpha value is -1.81. The molecule has 1 aliphatic carbocycles. The zero-order valence-corrected chi connectivity index (χ0v) is 12.5. The molecule has 1 aliphatic rings. The minimum atomic E-state index is -0.226. The molecule has 2 N–H and O–H groups in total. The molecule has 1 unspecified atom stereocenters. The third-order valence-corrected chi connectivity index (χ3v) is 3.80. The first-order valence-corrected chi connectivity index (χ1v) is 7.51. The van der Waals surface area contributed by atoms with E-state index in [2.05, 4.69) is 16.7 Å². The van der Waals surface area contributed by atoms with Gasteiger partial charge in [-0.2, -0.15) is 0 Å². The summed E-state index contributed by atoms with van der Waals surface area (Å²) in [5, 5.41) is 6.02. The molecule has 0 saturated heterocycles. The molecule has 5 heteroatoms. The van der Waals surface area contributed by atoms with Gasteiger partial charge in [0.1, 0.15) is 0 Å². The summed E-state index contributed by atoms with van der Waals surface area (Å²) in [4.78, 5) is 23.8. The van der Waals surface area contributed by atoms with Crippen molar-refractivity contribution in [3.63, 3.8) is 0 Å². The quantitative estimate of drug-likeness (QED) is 0.649. The van der Waals surface area contributed by atoms with Crippen molar-refractivity contribution in [2.24, 2.45) is 5.92 Å². The summed E-state index contributed by atoms with van der Waals surface area (Å²) in [5.41, 5.74) is 0.447. The highest BCUT2D eigenvalue weighted by Crippen LogP contribution is 2.17. The summed E-state index contributed by atoms with van der Waals surface area (Å²) in [5.74, 6) is -0.101. The van der Waals surface area contributed by atoms with Crippen LogP contribution in [0.2, 0.25) is 5.02 Å². The molecular formula is C16H19ClN2O2. The Kier molecular flexibility index (Phi) is 5.81. The van der Waals surface area contributed by atoms with Gasteiger partial charge in [-0.25, -0.2) is 0 Å². The van der Waals surface area contributed by atoms with Crippen molar-refractivity contribution in [3.05, 3.63) is 47.0 Å². The second kappa shape index (κ2) is 7.84. The van der Waals surface area contributed by atoms with Gasteiger partial charge in [-0.05, 0) is 31.4 Å². The lowest BCUT2D eigenvalue weighted by Crippen LogP contribution is -2.37. The first-order valence-electron chi connectivity index (χ1n) is 7.14. The number of halogens is 1. The van der Waals surface area contributed by atoms with Crippen LogP contribution in [0.15, 0.2) is 36.4 Å². The summed E-state index contributed by atoms with van der Waals surface area (Å²) in [7, 11) is 0. The standard InChI is InChI=1S/C16H19ClN2O2/c17-14-9-5-4-8-13(14)16(21)19-11-10-18-15(20)12-6-2-1-3-7-12/h1-2,4-5,8-9,12H,3,6-7,10-11H2,(H,18,20)(H,19,21). The fourth-order valence-corrected chi connectivity index (χ4v) is 2.50. The Bertz CT molecular complexity index is 543. The highest BCUT2D eigenvalue weighted by molar-refractivity contribution is 6.33. The van der Waals surface area contributed by atoms with E-state index in [1.165, 1.54) is 0 Å². The summed E-state index contributed by atoms with van der Waals surface area (Å²) in [6.07, 6.45) is 6.81. The number of benzene rings is 1. The predicted molar refractivity (Wildman–Crippen MR) is 83.3 cm³/mol. The van der Waals surface area contributed by atoms with Crippen LogP contribution < -0.4 is 10.6 Å². The molecule has 1 aromatic carbocycles. The molecule has 0 spiro atoms. The van der Waals surface area contributed by atoms with Crippen molar-refractivity contribution in [3.8, 4) is 0 Å². The molecule has 1 atom stereocenters. The maximum atomic E-state index is 11.9. The van der Waals surface area contributed by atoms with Gasteiger partial charge < -0.3 is 10.6 Å². The molecule has 1 aromatic rings. The summed E-state index contributed by atoms with van der Waals surface area (Å²) >= 11 is 5.95. The van der Waals surface area contributed by atoms with E-state index in [1.807, 2.05) is 6.08 Å². The van der Waals surface area contributed by atoms with Gasteiger partial charge in [0.15, 0.2) is 0 Å². The van der Waals surface area contributed by atoms with Crippen molar-refractivity contribution in [1.82, 2.24) is 10.6 Å². The lowest BCUT2D eigenvalue weighted by molar-refractivity contribution is -0.125. The molecule has 21 heavy (non-hydrogen) atoms. The van der Waals surface area contributed by atoms with Gasteiger partial charge in [0.2, 0.25) is 5.91 Å². The number of hydrogen-bond acceptors (Lipinski definition) is 2. The smallest absolute Gasteiger partial charge is 0.252 e. The largest absolute Gasteiger partial charge is 0.354 e. The maximum Gasteiger partial charge on any atom is 0.252 e. The van der Waals surface area contributed by atoms with E-state index in [4.69, 9.17) is 11.6 Å². The summed E-state index contributed by atoms with van der Waals surface area (Å²) in [6.45, 7) is 0.813. The van der Waals surface area contributed by atoms with E-state index in [1.54, 1.807) is 24.3 Å². The van der Waals surface area contributed by atoms with Gasteiger partial charge in [-0.15, -0.1) is 0 Å². The fourth-order valence-electron chi connectivity index (χ4n) is 2.28. The van der Waals surface area contributed by atoms with E-state index < -0.39 is 0 Å². The van der Waals surface area contributed by atoms with E-state index in [0.717, 1.165) is 19.3 Å². The first kappa shape index (κ1) is 15.6. The van der Waals surface area contributed by atoms with Crippen molar-refractivity contribution in [2.75, 3.05) is 13.1 Å². The van der Waals surface area contributed by atoms with Crippen molar-refractivity contribution < 1.29 is 9.59 Å². The Labute approximate surface area is 129 Å². The minimum Gasteiger partial charge on any atom is -0.354 e. The Balaban J connectivity index is 1.70. The van der Waals surface area contributed by atoms with E-state index in [9.17, 15) is 9.59 Å². The molecule has 112 valence electrons. The Morgan fingerprint density at radius 1 is 1.14 bits per heavy atom. The molecule has 0 saturated carbocycles. The number of allylic oxidation sites excluding steroid dienone is 2. The number of nitrogens with one attached hydrogen (secondary N) is 2. The number of carbonyl (C=O) groups is 2. The van der Waals surface area contributed by atoms with Crippen LogP contribution >= 0.6 is 11.6 Å². The highest BCUT2D eigenvalue weighted by Gasteiger charge is 2.18. The number of rotatable bonds is 5. The second-order valence-corrected chi connectivity index (χ2v) is 5.42. The molecule has 0 fully saturated rings. The third-order valence-electron chi connectivity index (χ3n) is 3.47. The van der Waals surface area contributed by atoms with Crippen molar-refractivity contribution in [1.29, 1.82) is 0 Å². The van der Waals surface area contributed by atoms with Crippen LogP contribution in [0.3, 0.4) is 0 Å². The topological polar surface area (TPSA) is 58.2 Å². The average Bonchev–Trinajstić information content (AvgIpc) is 2.52. The van der Waals surface area contributed by atoms with Crippen LogP contribution in [-0.4, -0.2) is 24.9 Å². The maximum absolute atomic E-state index is 11.9. The van der Waals surface area contributed by atoms with E-state index >= 15 is 0 Å². The van der Waals surface area contributed by atoms with Gasteiger partial charge in [0.05, 0.1) is 10.6 Å². The second-order valence-electron chi connectivity index (χ2n) is 5.01. The fraction of sp³-hybridized carbons (Fsp3) is 0.375. The molecule has 0 aliphatic heterocycles. The molecule has 4 nitrogen and oxygen atoms in total. The van der Waals surface area contributed by atoms with Crippen LogP contribution in [0.5, 0.6) is 0 Å². The first-order chi connectivity index (χ1) is 10.2. The summed E-state index contributed by atoms with van der Waals surface area (Å²) in [6, 6.07) is 6.89. The Morgan fingerprint density at radius 2 is 1.90 bits per heavy atom. The van der Waals surface area contributed by atoms with Crippen LogP contribution in [0, 0.1) is 5.92 Å². The molecule has 0 radical (unpaired) electrons. The highest BCUT2D eigenvalue weighted by atomic mass is 35.5. The van der Waals surface area contributed by atoms with Gasteiger partial charge in [-0.1, -0.05) is 35.9 Å². The predicted octanol–water partition coefficient (Wildman–Crippen LogP) is 2.54.